The molecule has 2 aromatic rings. The van der Waals surface area contributed by atoms with Crippen LogP contribution in [0.3, 0.4) is 0 Å². The molecule has 0 aliphatic heterocycles. The van der Waals surface area contributed by atoms with Gasteiger partial charge in [-0.1, -0.05) is 18.2 Å². The molecule has 1 unspecified atom stereocenters. The zero-order valence-electron chi connectivity index (χ0n) is 9.99. The molecule has 1 aromatic heterocycles. The van der Waals surface area contributed by atoms with Crippen molar-refractivity contribution < 1.29 is 13.9 Å². The molecule has 1 heterocycles. The second kappa shape index (κ2) is 5.16. The molecule has 18 heavy (non-hydrogen) atoms. The summed E-state index contributed by atoms with van der Waals surface area (Å²) in [4.78, 5) is 1.12. The fourth-order valence-corrected chi connectivity index (χ4v) is 2.58. The molecule has 0 spiro atoms. The summed E-state index contributed by atoms with van der Waals surface area (Å²) >= 11 is 1.59. The van der Waals surface area contributed by atoms with E-state index >= 15 is 0 Å². The lowest BCUT2D eigenvalue weighted by Gasteiger charge is -2.24. The average molecular weight is 268 g/mol. The summed E-state index contributed by atoms with van der Waals surface area (Å²) in [5.74, 6) is -1.89. The van der Waals surface area contributed by atoms with Crippen molar-refractivity contribution in [3.63, 3.8) is 0 Å². The van der Waals surface area contributed by atoms with E-state index in [0.29, 0.717) is 12.8 Å². The van der Waals surface area contributed by atoms with Crippen molar-refractivity contribution in [2.75, 3.05) is 0 Å². The van der Waals surface area contributed by atoms with Gasteiger partial charge in [0.2, 0.25) is 0 Å². The monoisotopic (exact) mass is 268 g/mol. The van der Waals surface area contributed by atoms with Crippen molar-refractivity contribution >= 4 is 11.3 Å². The lowest BCUT2D eigenvalue weighted by atomic mass is 9.90. The first-order valence-corrected chi connectivity index (χ1v) is 6.58. The molecule has 4 heteroatoms. The summed E-state index contributed by atoms with van der Waals surface area (Å²) in [7, 11) is 0. The number of rotatable bonds is 4. The lowest BCUT2D eigenvalue weighted by molar-refractivity contribution is 0.0438. The molecular formula is C14H14F2OS. The first kappa shape index (κ1) is 13.2. The van der Waals surface area contributed by atoms with E-state index < -0.39 is 17.2 Å². The van der Waals surface area contributed by atoms with Gasteiger partial charge < -0.3 is 5.11 Å². The standard InChI is InChI=1S/C14H14F2OS/c1-14(17,8-7-10-4-3-9-18-10)11-5-2-6-12(15)13(11)16/h2-6,9,17H,7-8H2,1H3. The van der Waals surface area contributed by atoms with Gasteiger partial charge in [-0.05, 0) is 37.3 Å². The highest BCUT2D eigenvalue weighted by Gasteiger charge is 2.27. The first-order chi connectivity index (χ1) is 8.50. The van der Waals surface area contributed by atoms with E-state index in [0.717, 1.165) is 10.9 Å². The maximum atomic E-state index is 13.6. The Balaban J connectivity index is 2.17. The normalized spacial score (nSPS) is 14.4. The van der Waals surface area contributed by atoms with Crippen LogP contribution in [-0.4, -0.2) is 5.11 Å². The Labute approximate surface area is 109 Å². The second-order valence-corrected chi connectivity index (χ2v) is 5.49. The lowest BCUT2D eigenvalue weighted by Crippen LogP contribution is -2.24. The van der Waals surface area contributed by atoms with Gasteiger partial charge >= 0.3 is 0 Å². The van der Waals surface area contributed by atoms with Gasteiger partial charge in [0, 0.05) is 10.4 Å². The maximum absolute atomic E-state index is 13.6. The first-order valence-electron chi connectivity index (χ1n) is 5.70. The highest BCUT2D eigenvalue weighted by atomic mass is 32.1. The number of aryl methyl sites for hydroxylation is 1. The molecular weight excluding hydrogens is 254 g/mol. The average Bonchev–Trinajstić information content (AvgIpc) is 2.83. The molecule has 0 aliphatic carbocycles. The van der Waals surface area contributed by atoms with Crippen LogP contribution in [0, 0.1) is 11.6 Å². The van der Waals surface area contributed by atoms with Crippen LogP contribution in [0.1, 0.15) is 23.8 Å². The number of hydrogen-bond donors (Lipinski definition) is 1. The van der Waals surface area contributed by atoms with Gasteiger partial charge in [0.05, 0.1) is 5.60 Å². The van der Waals surface area contributed by atoms with E-state index in [1.165, 1.54) is 19.1 Å². The third-order valence-corrected chi connectivity index (χ3v) is 3.91. The van der Waals surface area contributed by atoms with Crippen molar-refractivity contribution in [1.82, 2.24) is 0 Å². The molecule has 1 nitrogen and oxygen atoms in total. The predicted molar refractivity (Wildman–Crippen MR) is 68.6 cm³/mol. The Morgan fingerprint density at radius 2 is 2.00 bits per heavy atom. The molecule has 1 atom stereocenters. The molecule has 96 valence electrons. The number of benzene rings is 1. The van der Waals surface area contributed by atoms with E-state index in [1.807, 2.05) is 17.5 Å². The Morgan fingerprint density at radius 1 is 1.22 bits per heavy atom. The van der Waals surface area contributed by atoms with E-state index in [1.54, 1.807) is 11.3 Å². The molecule has 1 aromatic carbocycles. The van der Waals surface area contributed by atoms with Crippen molar-refractivity contribution in [1.29, 1.82) is 0 Å². The number of hydrogen-bond acceptors (Lipinski definition) is 2. The molecule has 1 N–H and O–H groups in total. The predicted octanol–water partition coefficient (Wildman–Crippen LogP) is 3.87. The van der Waals surface area contributed by atoms with Crippen LogP contribution in [0.4, 0.5) is 8.78 Å². The topological polar surface area (TPSA) is 20.2 Å². The summed E-state index contributed by atoms with van der Waals surface area (Å²) in [5, 5.41) is 12.2. The molecule has 0 radical (unpaired) electrons. The number of halogens is 2. The minimum absolute atomic E-state index is 0.0130. The highest BCUT2D eigenvalue weighted by Crippen LogP contribution is 2.30. The van der Waals surface area contributed by atoms with Gasteiger partial charge in [0.1, 0.15) is 0 Å². The Morgan fingerprint density at radius 3 is 2.67 bits per heavy atom. The Hall–Kier alpha value is -1.26. The van der Waals surface area contributed by atoms with Gasteiger partial charge in [0.25, 0.3) is 0 Å². The highest BCUT2D eigenvalue weighted by molar-refractivity contribution is 7.09. The van der Waals surface area contributed by atoms with Crippen LogP contribution < -0.4 is 0 Å². The van der Waals surface area contributed by atoms with Gasteiger partial charge in [0.15, 0.2) is 11.6 Å². The zero-order chi connectivity index (χ0) is 13.2. The summed E-state index contributed by atoms with van der Waals surface area (Å²) in [6, 6.07) is 7.77. The maximum Gasteiger partial charge on any atom is 0.164 e. The van der Waals surface area contributed by atoms with Crippen molar-refractivity contribution in [3.8, 4) is 0 Å². The molecule has 0 saturated carbocycles. The van der Waals surface area contributed by atoms with Gasteiger partial charge in [-0.25, -0.2) is 8.78 Å². The number of thiophene rings is 1. The fourth-order valence-electron chi connectivity index (χ4n) is 1.88. The van der Waals surface area contributed by atoms with Gasteiger partial charge in [-0.15, -0.1) is 11.3 Å². The summed E-state index contributed by atoms with van der Waals surface area (Å²) in [6.07, 6.45) is 0.995. The van der Waals surface area contributed by atoms with Gasteiger partial charge in [-0.2, -0.15) is 0 Å². The summed E-state index contributed by atoms with van der Waals surface area (Å²) in [6.45, 7) is 1.51. The third kappa shape index (κ3) is 2.76. The van der Waals surface area contributed by atoms with Crippen LogP contribution in [-0.2, 0) is 12.0 Å². The molecule has 0 bridgehead atoms. The van der Waals surface area contributed by atoms with Crippen LogP contribution in [0.15, 0.2) is 35.7 Å². The van der Waals surface area contributed by atoms with E-state index in [9.17, 15) is 13.9 Å². The molecule has 0 aliphatic rings. The van der Waals surface area contributed by atoms with Crippen molar-refractivity contribution in [2.24, 2.45) is 0 Å². The van der Waals surface area contributed by atoms with Crippen molar-refractivity contribution in [3.05, 3.63) is 57.8 Å². The molecule has 2 rings (SSSR count). The Bertz CT molecular complexity index is 521. The third-order valence-electron chi connectivity index (χ3n) is 2.97. The second-order valence-electron chi connectivity index (χ2n) is 4.45. The fraction of sp³-hybridized carbons (Fsp3) is 0.286. The van der Waals surface area contributed by atoms with E-state index in [4.69, 9.17) is 0 Å². The molecule has 0 fully saturated rings. The minimum atomic E-state index is -1.36. The van der Waals surface area contributed by atoms with E-state index in [-0.39, 0.29) is 5.56 Å². The minimum Gasteiger partial charge on any atom is -0.385 e. The summed E-state index contributed by atoms with van der Waals surface area (Å²) < 4.78 is 26.8. The number of aliphatic hydroxyl groups is 1. The van der Waals surface area contributed by atoms with Crippen LogP contribution in [0.25, 0.3) is 0 Å². The zero-order valence-corrected chi connectivity index (χ0v) is 10.8. The molecule has 0 saturated heterocycles. The molecule has 0 amide bonds. The largest absolute Gasteiger partial charge is 0.385 e. The SMILES string of the molecule is CC(O)(CCc1cccs1)c1cccc(F)c1F. The summed E-state index contributed by atoms with van der Waals surface area (Å²) in [5.41, 5.74) is -1.35. The van der Waals surface area contributed by atoms with Crippen LogP contribution in [0.2, 0.25) is 0 Å². The van der Waals surface area contributed by atoms with Crippen LogP contribution >= 0.6 is 11.3 Å². The van der Waals surface area contributed by atoms with E-state index in [2.05, 4.69) is 0 Å². The van der Waals surface area contributed by atoms with Crippen LogP contribution in [0.5, 0.6) is 0 Å². The Kier molecular flexibility index (Phi) is 3.78. The smallest absolute Gasteiger partial charge is 0.164 e. The van der Waals surface area contributed by atoms with Crippen molar-refractivity contribution in [2.45, 2.75) is 25.4 Å². The van der Waals surface area contributed by atoms with Gasteiger partial charge in [-0.3, -0.25) is 0 Å². The quantitative estimate of drug-likeness (QED) is 0.892.